The molecule has 142 valence electrons. The number of carbonyl (C=O) groups excluding carboxylic acids is 4. The molecule has 0 saturated carbocycles. The summed E-state index contributed by atoms with van der Waals surface area (Å²) in [6.45, 7) is -2.36. The van der Waals surface area contributed by atoms with Crippen LogP contribution in [0.4, 0.5) is 0 Å². The largest absolute Gasteiger partial charge is 0.480 e. The summed E-state index contributed by atoms with van der Waals surface area (Å²) < 4.78 is 0. The third kappa shape index (κ3) is 8.59. The van der Waals surface area contributed by atoms with Crippen molar-refractivity contribution in [2.24, 2.45) is 11.5 Å². The fraction of sp³-hybridized carbons (Fsp3) is 0.583. The van der Waals surface area contributed by atoms with Gasteiger partial charge in [0.2, 0.25) is 23.6 Å². The topological polar surface area (TPSA) is 234 Å². The molecule has 0 aromatic carbocycles. The summed E-state index contributed by atoms with van der Waals surface area (Å²) in [7, 11) is 0. The van der Waals surface area contributed by atoms with Gasteiger partial charge in [-0.2, -0.15) is 0 Å². The zero-order valence-corrected chi connectivity index (χ0v) is 13.1. The Hall–Kier alpha value is -2.77. The lowest BCUT2D eigenvalue weighted by molar-refractivity contribution is -0.143. The summed E-state index contributed by atoms with van der Waals surface area (Å²) in [5.74, 6) is -5.07. The van der Waals surface area contributed by atoms with Crippen LogP contribution in [0.15, 0.2) is 0 Å². The number of aliphatic hydroxyl groups is 2. The number of carboxylic acid groups (broad SMARTS) is 1. The predicted octanol–water partition coefficient (Wildman–Crippen LogP) is -5.66. The molecule has 0 aliphatic carbocycles. The molecule has 0 spiro atoms. The Morgan fingerprint density at radius 2 is 1.48 bits per heavy atom. The molecule has 0 fully saturated rings. The van der Waals surface area contributed by atoms with E-state index in [9.17, 15) is 24.0 Å². The van der Waals surface area contributed by atoms with Crippen LogP contribution >= 0.6 is 0 Å². The molecule has 0 aliphatic heterocycles. The van der Waals surface area contributed by atoms with E-state index in [4.69, 9.17) is 26.8 Å². The van der Waals surface area contributed by atoms with E-state index < -0.39 is 73.9 Å². The van der Waals surface area contributed by atoms with Crippen molar-refractivity contribution in [2.75, 3.05) is 19.8 Å². The third-order valence-electron chi connectivity index (χ3n) is 2.81. The molecule has 4 amide bonds. The van der Waals surface area contributed by atoms with Crippen LogP contribution in [0.2, 0.25) is 0 Å². The molecule has 13 nitrogen and oxygen atoms in total. The smallest absolute Gasteiger partial charge is 0.328 e. The van der Waals surface area contributed by atoms with E-state index in [1.165, 1.54) is 0 Å². The SMILES string of the molecule is NC(=O)CC(N)C(=O)NCC(=O)NC(CO)C(=O)NC(CO)C(=O)O. The average molecular weight is 363 g/mol. The molecule has 13 heteroatoms. The van der Waals surface area contributed by atoms with Crippen molar-refractivity contribution in [3.63, 3.8) is 0 Å². The highest BCUT2D eigenvalue weighted by Crippen LogP contribution is 1.90. The van der Waals surface area contributed by atoms with Crippen LogP contribution in [0.3, 0.4) is 0 Å². The minimum absolute atomic E-state index is 0.424. The van der Waals surface area contributed by atoms with Crippen molar-refractivity contribution in [1.82, 2.24) is 16.0 Å². The van der Waals surface area contributed by atoms with Gasteiger partial charge < -0.3 is 42.7 Å². The van der Waals surface area contributed by atoms with Gasteiger partial charge in [-0.15, -0.1) is 0 Å². The number of aliphatic hydroxyl groups excluding tert-OH is 2. The summed E-state index contributed by atoms with van der Waals surface area (Å²) in [5.41, 5.74) is 10.2. The van der Waals surface area contributed by atoms with E-state index in [0.29, 0.717) is 0 Å². The number of primary amides is 1. The second-order valence-corrected chi connectivity index (χ2v) is 4.88. The maximum Gasteiger partial charge on any atom is 0.328 e. The number of rotatable bonds is 11. The maximum absolute atomic E-state index is 11.7. The first-order chi connectivity index (χ1) is 11.6. The van der Waals surface area contributed by atoms with Gasteiger partial charge >= 0.3 is 5.97 Å². The van der Waals surface area contributed by atoms with E-state index in [1.807, 2.05) is 10.6 Å². The molecule has 25 heavy (non-hydrogen) atoms. The van der Waals surface area contributed by atoms with Gasteiger partial charge in [-0.3, -0.25) is 19.2 Å². The van der Waals surface area contributed by atoms with Crippen molar-refractivity contribution in [3.05, 3.63) is 0 Å². The third-order valence-corrected chi connectivity index (χ3v) is 2.81. The molecule has 0 heterocycles. The van der Waals surface area contributed by atoms with Crippen LogP contribution in [0.25, 0.3) is 0 Å². The van der Waals surface area contributed by atoms with Crippen molar-refractivity contribution in [3.8, 4) is 0 Å². The number of carbonyl (C=O) groups is 5. The van der Waals surface area contributed by atoms with Crippen molar-refractivity contribution < 1.29 is 39.3 Å². The number of aliphatic carboxylic acids is 1. The highest BCUT2D eigenvalue weighted by atomic mass is 16.4. The Balaban J connectivity index is 4.49. The number of carboxylic acids is 1. The van der Waals surface area contributed by atoms with Gasteiger partial charge in [-0.25, -0.2) is 4.79 Å². The number of amides is 4. The average Bonchev–Trinajstić information content (AvgIpc) is 2.53. The minimum Gasteiger partial charge on any atom is -0.480 e. The molecule has 0 radical (unpaired) electrons. The first-order valence-electron chi connectivity index (χ1n) is 6.98. The molecule has 0 saturated heterocycles. The fourth-order valence-electron chi connectivity index (χ4n) is 1.51. The number of nitrogens with one attached hydrogen (secondary N) is 3. The summed E-state index contributed by atoms with van der Waals surface area (Å²) in [6.07, 6.45) is -0.424. The van der Waals surface area contributed by atoms with Gasteiger partial charge in [0.1, 0.15) is 12.1 Å². The summed E-state index contributed by atoms with van der Waals surface area (Å²) in [5, 5.41) is 32.6. The van der Waals surface area contributed by atoms with Gasteiger partial charge in [-0.05, 0) is 0 Å². The van der Waals surface area contributed by atoms with Crippen molar-refractivity contribution in [2.45, 2.75) is 24.5 Å². The lowest BCUT2D eigenvalue weighted by atomic mass is 10.2. The molecule has 3 atom stereocenters. The van der Waals surface area contributed by atoms with E-state index in [1.54, 1.807) is 0 Å². The van der Waals surface area contributed by atoms with Crippen LogP contribution in [0.5, 0.6) is 0 Å². The Labute approximate surface area is 141 Å². The second kappa shape index (κ2) is 10.9. The van der Waals surface area contributed by atoms with E-state index in [0.717, 1.165) is 0 Å². The number of hydrogen-bond acceptors (Lipinski definition) is 8. The summed E-state index contributed by atoms with van der Waals surface area (Å²) in [6, 6.07) is -4.36. The summed E-state index contributed by atoms with van der Waals surface area (Å²) >= 11 is 0. The highest BCUT2D eigenvalue weighted by molar-refractivity contribution is 5.93. The molecule has 0 rings (SSSR count). The Bertz CT molecular complexity index is 526. The standard InChI is InChI=1S/C12H21N5O8/c13-5(1-8(14)20)10(22)15-2-9(21)16-6(3-18)11(23)17-7(4-19)12(24)25/h5-7,18-19H,1-4,13H2,(H2,14,20)(H,15,22)(H,16,21)(H,17,23)(H,24,25). The van der Waals surface area contributed by atoms with Crippen LogP contribution in [0.1, 0.15) is 6.42 Å². The van der Waals surface area contributed by atoms with Crippen molar-refractivity contribution in [1.29, 1.82) is 0 Å². The molecule has 0 bridgehead atoms. The van der Waals surface area contributed by atoms with E-state index >= 15 is 0 Å². The normalized spacial score (nSPS) is 13.9. The van der Waals surface area contributed by atoms with Gasteiger partial charge in [0, 0.05) is 0 Å². The second-order valence-electron chi connectivity index (χ2n) is 4.88. The molecule has 3 unspecified atom stereocenters. The van der Waals surface area contributed by atoms with E-state index in [-0.39, 0.29) is 0 Å². The number of hydrogen-bond donors (Lipinski definition) is 8. The first-order valence-corrected chi connectivity index (χ1v) is 6.98. The number of nitrogens with two attached hydrogens (primary N) is 2. The quantitative estimate of drug-likeness (QED) is 0.174. The Morgan fingerprint density at radius 3 is 1.92 bits per heavy atom. The first kappa shape index (κ1) is 22.2. The van der Waals surface area contributed by atoms with Gasteiger partial charge in [-0.1, -0.05) is 0 Å². The Morgan fingerprint density at radius 1 is 0.920 bits per heavy atom. The lowest BCUT2D eigenvalue weighted by Gasteiger charge is -2.19. The molecule has 0 aliphatic rings. The Kier molecular flexibility index (Phi) is 9.69. The van der Waals surface area contributed by atoms with Crippen LogP contribution < -0.4 is 27.4 Å². The highest BCUT2D eigenvalue weighted by Gasteiger charge is 2.26. The molecule has 10 N–H and O–H groups in total. The van der Waals surface area contributed by atoms with Gasteiger partial charge in [0.25, 0.3) is 0 Å². The fourth-order valence-corrected chi connectivity index (χ4v) is 1.51. The maximum atomic E-state index is 11.7. The predicted molar refractivity (Wildman–Crippen MR) is 80.5 cm³/mol. The molecule has 0 aromatic rings. The summed E-state index contributed by atoms with van der Waals surface area (Å²) in [4.78, 5) is 56.2. The van der Waals surface area contributed by atoms with Gasteiger partial charge in [0.05, 0.1) is 32.2 Å². The molecular weight excluding hydrogens is 342 g/mol. The zero-order chi connectivity index (χ0) is 19.6. The molecule has 0 aromatic heterocycles. The van der Waals surface area contributed by atoms with Crippen molar-refractivity contribution >= 4 is 29.6 Å². The molecular formula is C12H21N5O8. The van der Waals surface area contributed by atoms with Gasteiger partial charge in [0.15, 0.2) is 0 Å². The van der Waals surface area contributed by atoms with Crippen LogP contribution in [-0.4, -0.2) is 82.8 Å². The zero-order valence-electron chi connectivity index (χ0n) is 13.1. The lowest BCUT2D eigenvalue weighted by Crippen LogP contribution is -2.55. The van der Waals surface area contributed by atoms with Crippen LogP contribution in [-0.2, 0) is 24.0 Å². The monoisotopic (exact) mass is 363 g/mol. The van der Waals surface area contributed by atoms with E-state index in [2.05, 4.69) is 5.32 Å². The van der Waals surface area contributed by atoms with Crippen LogP contribution in [0, 0.1) is 0 Å². The minimum atomic E-state index is -1.61.